The first-order chi connectivity index (χ1) is 13.3. The second-order valence-electron chi connectivity index (χ2n) is 5.92. The molecule has 0 aliphatic carbocycles. The highest BCUT2D eigenvalue weighted by Gasteiger charge is 2.14. The van der Waals surface area contributed by atoms with E-state index < -0.39 is 10.8 Å². The number of non-ortho nitro benzene ring substituents is 1. The van der Waals surface area contributed by atoms with E-state index in [9.17, 15) is 19.7 Å². The lowest BCUT2D eigenvalue weighted by atomic mass is 10.2. The van der Waals surface area contributed by atoms with E-state index in [-0.39, 0.29) is 35.4 Å². The molecule has 0 aromatic heterocycles. The van der Waals surface area contributed by atoms with Gasteiger partial charge < -0.3 is 15.4 Å². The zero-order valence-corrected chi connectivity index (χ0v) is 16.0. The Hall–Kier alpha value is -3.17. The Morgan fingerprint density at radius 2 is 1.82 bits per heavy atom. The summed E-state index contributed by atoms with van der Waals surface area (Å²) in [5.41, 5.74) is 0.667. The minimum Gasteiger partial charge on any atom is -0.497 e. The fourth-order valence-corrected chi connectivity index (χ4v) is 2.58. The van der Waals surface area contributed by atoms with E-state index in [0.29, 0.717) is 11.4 Å². The van der Waals surface area contributed by atoms with Gasteiger partial charge in [0.05, 0.1) is 35.8 Å². The predicted molar refractivity (Wildman–Crippen MR) is 106 cm³/mol. The molecule has 2 aromatic rings. The van der Waals surface area contributed by atoms with Gasteiger partial charge >= 0.3 is 0 Å². The number of rotatable bonds is 8. The Kier molecular flexibility index (Phi) is 7.30. The van der Waals surface area contributed by atoms with Crippen molar-refractivity contribution >= 4 is 40.5 Å². The van der Waals surface area contributed by atoms with Crippen LogP contribution < -0.4 is 15.4 Å². The van der Waals surface area contributed by atoms with Crippen LogP contribution in [-0.2, 0) is 9.59 Å². The van der Waals surface area contributed by atoms with E-state index >= 15 is 0 Å². The van der Waals surface area contributed by atoms with Gasteiger partial charge in [-0.25, -0.2) is 0 Å². The molecule has 0 heterocycles. The van der Waals surface area contributed by atoms with Crippen molar-refractivity contribution in [3.8, 4) is 5.75 Å². The molecule has 0 unspecified atom stereocenters. The first-order valence-electron chi connectivity index (χ1n) is 8.14. The average Bonchev–Trinajstić information content (AvgIpc) is 2.62. The Bertz CT molecular complexity index is 890. The molecule has 10 heteroatoms. The maximum Gasteiger partial charge on any atom is 0.271 e. The molecule has 0 saturated carbocycles. The summed E-state index contributed by atoms with van der Waals surface area (Å²) in [7, 11) is 3.15. The highest BCUT2D eigenvalue weighted by atomic mass is 35.5. The van der Waals surface area contributed by atoms with Crippen molar-refractivity contribution in [3.05, 3.63) is 57.6 Å². The van der Waals surface area contributed by atoms with Gasteiger partial charge in [-0.3, -0.25) is 24.6 Å². The smallest absolute Gasteiger partial charge is 0.271 e. The van der Waals surface area contributed by atoms with E-state index in [1.807, 2.05) is 0 Å². The predicted octanol–water partition coefficient (Wildman–Crippen LogP) is 2.77. The Morgan fingerprint density at radius 1 is 1.14 bits per heavy atom. The van der Waals surface area contributed by atoms with Gasteiger partial charge in [-0.1, -0.05) is 17.7 Å². The van der Waals surface area contributed by atoms with Crippen LogP contribution in [0.3, 0.4) is 0 Å². The average molecular weight is 407 g/mol. The summed E-state index contributed by atoms with van der Waals surface area (Å²) in [5.74, 6) is -0.0881. The molecule has 0 spiro atoms. The number of carbonyl (C=O) groups is 2. The summed E-state index contributed by atoms with van der Waals surface area (Å²) in [4.78, 5) is 35.9. The van der Waals surface area contributed by atoms with Crippen LogP contribution in [0.5, 0.6) is 5.75 Å². The molecule has 0 aliphatic heterocycles. The molecule has 148 valence electrons. The monoisotopic (exact) mass is 406 g/mol. The number of hydrogen-bond acceptors (Lipinski definition) is 6. The lowest BCUT2D eigenvalue weighted by Crippen LogP contribution is -2.36. The van der Waals surface area contributed by atoms with E-state index in [4.69, 9.17) is 16.3 Å². The van der Waals surface area contributed by atoms with Crippen LogP contribution in [0, 0.1) is 10.1 Å². The van der Waals surface area contributed by atoms with Gasteiger partial charge in [0.25, 0.3) is 5.69 Å². The summed E-state index contributed by atoms with van der Waals surface area (Å²) >= 11 is 5.95. The molecule has 0 atom stereocenters. The van der Waals surface area contributed by atoms with E-state index in [0.717, 1.165) is 6.07 Å². The molecule has 2 rings (SSSR count). The minimum absolute atomic E-state index is 0.0153. The molecule has 9 nitrogen and oxygen atoms in total. The molecule has 0 saturated heterocycles. The van der Waals surface area contributed by atoms with Gasteiger partial charge in [0.15, 0.2) is 0 Å². The van der Waals surface area contributed by atoms with Crippen LogP contribution in [0.2, 0.25) is 5.02 Å². The van der Waals surface area contributed by atoms with Gasteiger partial charge in [0.1, 0.15) is 5.75 Å². The number of hydrogen-bond donors (Lipinski definition) is 2. The zero-order valence-electron chi connectivity index (χ0n) is 15.3. The molecule has 0 radical (unpaired) electrons. The van der Waals surface area contributed by atoms with E-state index in [1.54, 1.807) is 31.3 Å². The molecular weight excluding hydrogens is 388 g/mol. The number of benzene rings is 2. The highest BCUT2D eigenvalue weighted by molar-refractivity contribution is 6.34. The van der Waals surface area contributed by atoms with Crippen LogP contribution >= 0.6 is 11.6 Å². The number of nitrogens with one attached hydrogen (secondary N) is 2. The third kappa shape index (κ3) is 6.22. The Labute approximate surface area is 166 Å². The fraction of sp³-hybridized carbons (Fsp3) is 0.222. The second kappa shape index (κ2) is 9.67. The number of amides is 2. The molecule has 2 aromatic carbocycles. The van der Waals surface area contributed by atoms with E-state index in [1.165, 1.54) is 24.1 Å². The fourth-order valence-electron chi connectivity index (χ4n) is 2.36. The summed E-state index contributed by atoms with van der Waals surface area (Å²) in [6.07, 6.45) is 0. The zero-order chi connectivity index (χ0) is 20.7. The summed E-state index contributed by atoms with van der Waals surface area (Å²) < 4.78 is 5.09. The molecular formula is C18H19ClN4O5. The van der Waals surface area contributed by atoms with Crippen molar-refractivity contribution < 1.29 is 19.2 Å². The van der Waals surface area contributed by atoms with Crippen molar-refractivity contribution in [2.45, 2.75) is 0 Å². The first kappa shape index (κ1) is 21.1. The lowest BCUT2D eigenvalue weighted by Gasteiger charge is -2.16. The third-order valence-corrected chi connectivity index (χ3v) is 3.93. The van der Waals surface area contributed by atoms with Crippen molar-refractivity contribution in [1.29, 1.82) is 0 Å². The quantitative estimate of drug-likeness (QED) is 0.514. The molecule has 0 bridgehead atoms. The van der Waals surface area contributed by atoms with Crippen molar-refractivity contribution in [2.75, 3.05) is 37.9 Å². The van der Waals surface area contributed by atoms with Crippen LogP contribution in [0.25, 0.3) is 0 Å². The number of carbonyl (C=O) groups excluding carboxylic acids is 2. The molecule has 28 heavy (non-hydrogen) atoms. The topological polar surface area (TPSA) is 114 Å². The number of ether oxygens (including phenoxy) is 1. The van der Waals surface area contributed by atoms with E-state index in [2.05, 4.69) is 10.6 Å². The van der Waals surface area contributed by atoms with Crippen molar-refractivity contribution in [2.24, 2.45) is 0 Å². The minimum atomic E-state index is -0.577. The maximum atomic E-state index is 12.1. The number of nitrogens with zero attached hydrogens (tertiary/aromatic N) is 2. The highest BCUT2D eigenvalue weighted by Crippen LogP contribution is 2.26. The Morgan fingerprint density at radius 3 is 2.43 bits per heavy atom. The summed E-state index contributed by atoms with van der Waals surface area (Å²) in [5, 5.41) is 16.0. The number of likely N-dealkylation sites (N-methyl/N-ethyl adjacent to an activating group) is 1. The normalized spacial score (nSPS) is 10.4. The van der Waals surface area contributed by atoms with Gasteiger partial charge in [-0.05, 0) is 25.2 Å². The second-order valence-corrected chi connectivity index (χ2v) is 6.33. The molecule has 0 fully saturated rings. The van der Waals surface area contributed by atoms with Crippen molar-refractivity contribution in [3.63, 3.8) is 0 Å². The van der Waals surface area contributed by atoms with Crippen molar-refractivity contribution in [1.82, 2.24) is 4.90 Å². The number of methoxy groups -OCH3 is 1. The lowest BCUT2D eigenvalue weighted by molar-refractivity contribution is -0.384. The molecule has 2 N–H and O–H groups in total. The maximum absolute atomic E-state index is 12.1. The van der Waals surface area contributed by atoms with Crippen LogP contribution in [0.15, 0.2) is 42.5 Å². The van der Waals surface area contributed by atoms with Gasteiger partial charge in [0, 0.05) is 23.9 Å². The van der Waals surface area contributed by atoms with Gasteiger partial charge in [-0.15, -0.1) is 0 Å². The summed E-state index contributed by atoms with van der Waals surface area (Å²) in [6, 6.07) is 10.7. The largest absolute Gasteiger partial charge is 0.497 e. The van der Waals surface area contributed by atoms with Gasteiger partial charge in [-0.2, -0.15) is 0 Å². The van der Waals surface area contributed by atoms with Gasteiger partial charge in [0.2, 0.25) is 11.8 Å². The first-order valence-corrected chi connectivity index (χ1v) is 8.52. The molecule has 2 amide bonds. The Balaban J connectivity index is 1.86. The number of nitro benzene ring substituents is 1. The third-order valence-electron chi connectivity index (χ3n) is 3.62. The molecule has 0 aliphatic rings. The number of halogens is 1. The SMILES string of the molecule is COc1cccc(NC(=O)CN(C)CC(=O)Nc2ccc([N+](=O)[O-])cc2Cl)c1. The van der Waals surface area contributed by atoms with Crippen LogP contribution in [0.1, 0.15) is 0 Å². The van der Waals surface area contributed by atoms with Crippen LogP contribution in [0.4, 0.5) is 17.1 Å². The number of nitro groups is 1. The number of anilines is 2. The summed E-state index contributed by atoms with van der Waals surface area (Å²) in [6.45, 7) is -0.0858. The standard InChI is InChI=1S/C18H19ClN4O5/c1-22(10-17(24)20-12-4-3-5-14(8-12)28-2)11-18(25)21-16-7-6-13(23(26)27)9-15(16)19/h3-9H,10-11H2,1-2H3,(H,20,24)(H,21,25). The van der Waals surface area contributed by atoms with Crippen LogP contribution in [-0.4, -0.2) is 48.9 Å².